The van der Waals surface area contributed by atoms with E-state index in [1.54, 1.807) is 0 Å². The summed E-state index contributed by atoms with van der Waals surface area (Å²) in [6.45, 7) is 5.69. The average molecular weight is 264 g/mol. The topological polar surface area (TPSA) is 15.3 Å². The summed E-state index contributed by atoms with van der Waals surface area (Å²) in [5, 5.41) is 3.43. The average Bonchev–Trinajstić information content (AvgIpc) is 2.92. The van der Waals surface area contributed by atoms with Crippen LogP contribution in [0.4, 0.5) is 0 Å². The van der Waals surface area contributed by atoms with Crippen LogP contribution in [0.2, 0.25) is 0 Å². The molecule has 0 aliphatic carbocycles. The van der Waals surface area contributed by atoms with Gasteiger partial charge in [0.15, 0.2) is 0 Å². The van der Waals surface area contributed by atoms with Gasteiger partial charge >= 0.3 is 0 Å². The Kier molecular flexibility index (Phi) is 5.54. The fourth-order valence-electron chi connectivity index (χ4n) is 2.42. The number of nitrogens with zero attached hydrogens (tertiary/aromatic N) is 1. The van der Waals surface area contributed by atoms with Gasteiger partial charge < -0.3 is 10.2 Å². The summed E-state index contributed by atoms with van der Waals surface area (Å²) < 4.78 is 0. The van der Waals surface area contributed by atoms with Crippen molar-refractivity contribution < 1.29 is 0 Å². The molecule has 1 fully saturated rings. The van der Waals surface area contributed by atoms with Gasteiger partial charge in [-0.2, -0.15) is 0 Å². The van der Waals surface area contributed by atoms with Gasteiger partial charge in [-0.25, -0.2) is 0 Å². The zero-order chi connectivity index (χ0) is 12.8. The minimum Gasteiger partial charge on any atom is -0.315 e. The van der Waals surface area contributed by atoms with Gasteiger partial charge in [-0.1, -0.05) is 19.1 Å². The van der Waals surface area contributed by atoms with Gasteiger partial charge in [0, 0.05) is 24.0 Å². The van der Waals surface area contributed by atoms with Crippen LogP contribution < -0.4 is 5.32 Å². The molecule has 0 aromatic heterocycles. The Bertz CT molecular complexity index is 344. The molecule has 0 saturated carbocycles. The summed E-state index contributed by atoms with van der Waals surface area (Å²) in [5.74, 6) is 1.15. The van der Waals surface area contributed by atoms with Gasteiger partial charge in [0.2, 0.25) is 0 Å². The van der Waals surface area contributed by atoms with Crippen LogP contribution in [0.3, 0.4) is 0 Å². The Morgan fingerprint density at radius 1 is 1.33 bits per heavy atom. The zero-order valence-electron chi connectivity index (χ0n) is 11.5. The second-order valence-corrected chi connectivity index (χ2v) is 6.29. The van der Waals surface area contributed by atoms with Gasteiger partial charge in [-0.3, -0.25) is 0 Å². The molecule has 1 aliphatic heterocycles. The molecule has 2 nitrogen and oxygen atoms in total. The van der Waals surface area contributed by atoms with Crippen molar-refractivity contribution in [1.29, 1.82) is 0 Å². The normalized spacial score (nSPS) is 19.6. The van der Waals surface area contributed by atoms with E-state index in [2.05, 4.69) is 48.5 Å². The van der Waals surface area contributed by atoms with Crippen molar-refractivity contribution in [3.63, 3.8) is 0 Å². The van der Waals surface area contributed by atoms with Crippen molar-refractivity contribution >= 4 is 11.8 Å². The number of hydrogen-bond acceptors (Lipinski definition) is 3. The molecule has 1 N–H and O–H groups in total. The second-order valence-electron chi connectivity index (χ2n) is 4.95. The zero-order valence-corrected chi connectivity index (χ0v) is 12.3. The quantitative estimate of drug-likeness (QED) is 0.795. The van der Waals surface area contributed by atoms with E-state index in [4.69, 9.17) is 0 Å². The molecule has 1 aromatic rings. The molecule has 0 amide bonds. The summed E-state index contributed by atoms with van der Waals surface area (Å²) in [6.07, 6.45) is 2.45. The van der Waals surface area contributed by atoms with E-state index in [1.807, 2.05) is 11.8 Å². The van der Waals surface area contributed by atoms with Crippen LogP contribution in [0.1, 0.15) is 18.9 Å². The predicted octanol–water partition coefficient (Wildman–Crippen LogP) is 2.63. The molecular weight excluding hydrogens is 240 g/mol. The molecule has 1 aromatic carbocycles. The third-order valence-corrected chi connectivity index (χ3v) is 4.54. The van der Waals surface area contributed by atoms with Crippen LogP contribution >= 0.6 is 11.8 Å². The number of benzene rings is 1. The fraction of sp³-hybridized carbons (Fsp3) is 0.600. The molecule has 3 heteroatoms. The van der Waals surface area contributed by atoms with Crippen LogP contribution in [-0.4, -0.2) is 43.4 Å². The number of hydrogen-bond donors (Lipinski definition) is 1. The molecule has 1 heterocycles. The smallest absolute Gasteiger partial charge is 0.0229 e. The lowest BCUT2D eigenvalue weighted by molar-refractivity contribution is 0.260. The Morgan fingerprint density at radius 3 is 2.72 bits per heavy atom. The Hall–Kier alpha value is -0.510. The Morgan fingerprint density at radius 2 is 2.11 bits per heavy atom. The number of thioether (sulfide) groups is 1. The number of rotatable bonds is 6. The summed E-state index contributed by atoms with van der Waals surface area (Å²) in [6, 6.07) is 9.79. The molecule has 0 spiro atoms. The molecule has 1 unspecified atom stereocenters. The second kappa shape index (κ2) is 7.17. The van der Waals surface area contributed by atoms with E-state index in [0.717, 1.165) is 31.3 Å². The highest BCUT2D eigenvalue weighted by atomic mass is 32.2. The monoisotopic (exact) mass is 264 g/mol. The standard InChI is InChI=1S/C15H24N2S/c1-3-18-15-6-4-13(5-7-15)9-11-17(2)14-8-10-16-12-14/h4-7,14,16H,3,8-12H2,1-2H3. The summed E-state index contributed by atoms with van der Waals surface area (Å²) >= 11 is 1.91. The highest BCUT2D eigenvalue weighted by molar-refractivity contribution is 7.99. The van der Waals surface area contributed by atoms with Crippen molar-refractivity contribution in [1.82, 2.24) is 10.2 Å². The summed E-state index contributed by atoms with van der Waals surface area (Å²) in [5.41, 5.74) is 1.45. The number of likely N-dealkylation sites (N-methyl/N-ethyl adjacent to an activating group) is 1. The molecular formula is C15H24N2S. The molecule has 2 rings (SSSR count). The molecule has 1 atom stereocenters. The lowest BCUT2D eigenvalue weighted by atomic mass is 10.1. The van der Waals surface area contributed by atoms with E-state index < -0.39 is 0 Å². The van der Waals surface area contributed by atoms with Crippen LogP contribution in [0.5, 0.6) is 0 Å². The van der Waals surface area contributed by atoms with Gasteiger partial charge in [-0.05, 0) is 49.9 Å². The van der Waals surface area contributed by atoms with Crippen LogP contribution in [0.15, 0.2) is 29.2 Å². The first-order valence-corrected chi connectivity index (χ1v) is 7.91. The first-order chi connectivity index (χ1) is 8.79. The van der Waals surface area contributed by atoms with Gasteiger partial charge in [0.05, 0.1) is 0 Å². The summed E-state index contributed by atoms with van der Waals surface area (Å²) in [7, 11) is 2.25. The molecule has 1 aliphatic rings. The van der Waals surface area contributed by atoms with Gasteiger partial charge in [0.25, 0.3) is 0 Å². The lowest BCUT2D eigenvalue weighted by Crippen LogP contribution is -2.34. The minimum atomic E-state index is 0.736. The molecule has 1 saturated heterocycles. The molecule has 0 radical (unpaired) electrons. The highest BCUT2D eigenvalue weighted by Gasteiger charge is 2.18. The fourth-order valence-corrected chi connectivity index (χ4v) is 3.08. The van der Waals surface area contributed by atoms with E-state index in [-0.39, 0.29) is 0 Å². The van der Waals surface area contributed by atoms with Crippen molar-refractivity contribution in [2.24, 2.45) is 0 Å². The maximum atomic E-state index is 3.43. The lowest BCUT2D eigenvalue weighted by Gasteiger charge is -2.23. The third kappa shape index (κ3) is 4.01. The maximum absolute atomic E-state index is 3.43. The minimum absolute atomic E-state index is 0.736. The van der Waals surface area contributed by atoms with E-state index >= 15 is 0 Å². The van der Waals surface area contributed by atoms with E-state index in [9.17, 15) is 0 Å². The molecule has 0 bridgehead atoms. The van der Waals surface area contributed by atoms with Gasteiger partial charge in [-0.15, -0.1) is 11.8 Å². The van der Waals surface area contributed by atoms with Crippen molar-refractivity contribution in [2.45, 2.75) is 30.7 Å². The van der Waals surface area contributed by atoms with E-state index in [1.165, 1.54) is 23.4 Å². The van der Waals surface area contributed by atoms with E-state index in [0.29, 0.717) is 0 Å². The SMILES string of the molecule is CCSc1ccc(CCN(C)C2CCNC2)cc1. The van der Waals surface area contributed by atoms with Crippen molar-refractivity contribution in [3.05, 3.63) is 29.8 Å². The van der Waals surface area contributed by atoms with Crippen LogP contribution in [0.25, 0.3) is 0 Å². The first-order valence-electron chi connectivity index (χ1n) is 6.92. The predicted molar refractivity (Wildman–Crippen MR) is 80.4 cm³/mol. The van der Waals surface area contributed by atoms with Crippen LogP contribution in [0, 0.1) is 0 Å². The van der Waals surface area contributed by atoms with Crippen molar-refractivity contribution in [2.75, 3.05) is 32.4 Å². The summed E-state index contributed by atoms with van der Waals surface area (Å²) in [4.78, 5) is 3.88. The first kappa shape index (κ1) is 13.9. The molecule has 100 valence electrons. The maximum Gasteiger partial charge on any atom is 0.0229 e. The Labute approximate surface area is 115 Å². The largest absolute Gasteiger partial charge is 0.315 e. The van der Waals surface area contributed by atoms with Gasteiger partial charge in [0.1, 0.15) is 0 Å². The number of nitrogens with one attached hydrogen (secondary N) is 1. The van der Waals surface area contributed by atoms with Crippen LogP contribution in [-0.2, 0) is 6.42 Å². The third-order valence-electron chi connectivity index (χ3n) is 3.65. The van der Waals surface area contributed by atoms with Crippen molar-refractivity contribution in [3.8, 4) is 0 Å². The molecule has 18 heavy (non-hydrogen) atoms. The highest BCUT2D eigenvalue weighted by Crippen LogP contribution is 2.18. The Balaban J connectivity index is 1.78.